The van der Waals surface area contributed by atoms with Gasteiger partial charge < -0.3 is 0 Å². The van der Waals surface area contributed by atoms with Crippen molar-refractivity contribution < 1.29 is 8.42 Å². The average Bonchev–Trinajstić information content (AvgIpc) is 3.44. The number of pyridine rings is 1. The minimum absolute atomic E-state index is 0.0283. The fourth-order valence-corrected chi connectivity index (χ4v) is 7.39. The highest BCUT2D eigenvalue weighted by molar-refractivity contribution is 7.89. The number of hydrogen-bond acceptors (Lipinski definition) is 4. The predicted molar refractivity (Wildman–Crippen MR) is 80.8 cm³/mol. The van der Waals surface area contributed by atoms with Crippen molar-refractivity contribution in [2.75, 3.05) is 0 Å². The normalized spacial score (nSPS) is 38.2. The van der Waals surface area contributed by atoms with Crippen LogP contribution in [-0.2, 0) is 16.4 Å². The molecule has 118 valence electrons. The van der Waals surface area contributed by atoms with Crippen LogP contribution in [0.25, 0.3) is 0 Å². The van der Waals surface area contributed by atoms with Gasteiger partial charge in [-0.05, 0) is 49.1 Å². The van der Waals surface area contributed by atoms with E-state index in [1.807, 2.05) is 6.20 Å². The van der Waals surface area contributed by atoms with Gasteiger partial charge in [0.2, 0.25) is 10.0 Å². The lowest BCUT2D eigenvalue weighted by Crippen LogP contribution is -2.52. The number of rotatable bonds is 2. The molecule has 6 nitrogen and oxygen atoms in total. The molecule has 3 fully saturated rings. The van der Waals surface area contributed by atoms with E-state index in [2.05, 4.69) is 15.2 Å². The minimum Gasteiger partial charge on any atom is -0.282 e. The second kappa shape index (κ2) is 3.52. The van der Waals surface area contributed by atoms with Crippen LogP contribution in [0.15, 0.2) is 35.6 Å². The molecule has 4 unspecified atom stereocenters. The monoisotopic (exact) mass is 328 g/mol. The third kappa shape index (κ3) is 1.26. The van der Waals surface area contributed by atoms with Crippen molar-refractivity contribution in [3.63, 3.8) is 0 Å². The molecular formula is C16H16N4O2S. The smallest absolute Gasteiger partial charge is 0.244 e. The van der Waals surface area contributed by atoms with Crippen molar-refractivity contribution in [3.05, 3.63) is 42.0 Å². The molecule has 2 aromatic rings. The lowest BCUT2D eigenvalue weighted by molar-refractivity contribution is 0.0548. The highest BCUT2D eigenvalue weighted by atomic mass is 32.2. The van der Waals surface area contributed by atoms with E-state index in [1.54, 1.807) is 28.8 Å². The van der Waals surface area contributed by atoms with Crippen LogP contribution in [-0.4, -0.2) is 33.4 Å². The Morgan fingerprint density at radius 3 is 2.78 bits per heavy atom. The van der Waals surface area contributed by atoms with Crippen molar-refractivity contribution in [1.29, 1.82) is 0 Å². The number of aromatic amines is 1. The van der Waals surface area contributed by atoms with Crippen LogP contribution in [0.5, 0.6) is 0 Å². The van der Waals surface area contributed by atoms with Gasteiger partial charge in [-0.3, -0.25) is 10.1 Å². The van der Waals surface area contributed by atoms with E-state index in [1.165, 1.54) is 12.8 Å². The molecule has 1 saturated heterocycles. The number of nitrogens with zero attached hydrogens (tertiary/aromatic N) is 3. The largest absolute Gasteiger partial charge is 0.282 e. The fraction of sp³-hybridized carbons (Fsp3) is 0.500. The third-order valence-electron chi connectivity index (χ3n) is 6.58. The molecule has 1 aliphatic heterocycles. The van der Waals surface area contributed by atoms with Gasteiger partial charge in [0.15, 0.2) is 0 Å². The topological polar surface area (TPSA) is 78.7 Å². The maximum atomic E-state index is 13.2. The molecule has 4 atom stereocenters. The first-order valence-corrected chi connectivity index (χ1v) is 9.50. The SMILES string of the molecule is O=S(=O)(c1ccncc1)N1C2c3cn[nH]c3CC3C4(CC4)CC231. The molecule has 0 bridgehead atoms. The molecule has 2 saturated carbocycles. The van der Waals surface area contributed by atoms with Crippen molar-refractivity contribution >= 4 is 10.0 Å². The standard InChI is InChI=1S/C16H16N4O2S/c21-23(22,10-1-5-17-6-2-10)20-14-11-8-18-19-12(11)7-13-15(3-4-15)9-16(13,14)20/h1-2,5-6,8,13-14H,3-4,7,9H2,(H,18,19). The Hall–Kier alpha value is -1.73. The summed E-state index contributed by atoms with van der Waals surface area (Å²) in [6.07, 6.45) is 9.36. The van der Waals surface area contributed by atoms with Gasteiger partial charge in [-0.25, -0.2) is 8.42 Å². The maximum absolute atomic E-state index is 13.2. The van der Waals surface area contributed by atoms with E-state index in [0.29, 0.717) is 16.2 Å². The van der Waals surface area contributed by atoms with Gasteiger partial charge in [-0.15, -0.1) is 0 Å². The van der Waals surface area contributed by atoms with Gasteiger partial charge in [0.1, 0.15) is 0 Å². The Morgan fingerprint density at radius 1 is 1.26 bits per heavy atom. The molecule has 23 heavy (non-hydrogen) atoms. The molecule has 3 heterocycles. The molecule has 2 spiro atoms. The second-order valence-corrected chi connectivity index (χ2v) is 9.29. The van der Waals surface area contributed by atoms with E-state index in [9.17, 15) is 8.42 Å². The molecule has 4 aliphatic rings. The van der Waals surface area contributed by atoms with Gasteiger partial charge in [0, 0.05) is 23.7 Å². The van der Waals surface area contributed by atoms with Gasteiger partial charge in [-0.2, -0.15) is 9.40 Å². The zero-order chi connectivity index (χ0) is 15.4. The van der Waals surface area contributed by atoms with Crippen LogP contribution < -0.4 is 0 Å². The first-order valence-electron chi connectivity index (χ1n) is 8.06. The number of hydrogen-bond donors (Lipinski definition) is 1. The highest BCUT2D eigenvalue weighted by Gasteiger charge is 2.86. The number of fused-ring (bicyclic) bond motifs is 3. The number of aromatic nitrogens is 3. The van der Waals surface area contributed by atoms with Crippen molar-refractivity contribution in [1.82, 2.24) is 19.5 Å². The van der Waals surface area contributed by atoms with E-state index in [0.717, 1.165) is 24.1 Å². The summed E-state index contributed by atoms with van der Waals surface area (Å²) < 4.78 is 28.1. The predicted octanol–water partition coefficient (Wildman–Crippen LogP) is 1.65. The lowest BCUT2D eigenvalue weighted by Gasteiger charge is -2.48. The fourth-order valence-electron chi connectivity index (χ4n) is 5.44. The van der Waals surface area contributed by atoms with Crippen LogP contribution in [0, 0.1) is 11.3 Å². The molecule has 2 aromatic heterocycles. The van der Waals surface area contributed by atoms with E-state index < -0.39 is 10.0 Å². The summed E-state index contributed by atoms with van der Waals surface area (Å²) in [5.41, 5.74) is 2.43. The van der Waals surface area contributed by atoms with Crippen LogP contribution in [0.4, 0.5) is 0 Å². The quantitative estimate of drug-likeness (QED) is 0.850. The molecule has 3 aliphatic carbocycles. The van der Waals surface area contributed by atoms with E-state index in [4.69, 9.17) is 0 Å². The molecule has 0 aromatic carbocycles. The lowest BCUT2D eigenvalue weighted by atomic mass is 9.55. The van der Waals surface area contributed by atoms with Crippen LogP contribution >= 0.6 is 0 Å². The molecule has 0 radical (unpaired) electrons. The summed E-state index contributed by atoms with van der Waals surface area (Å²) in [6, 6.07) is 3.15. The maximum Gasteiger partial charge on any atom is 0.244 e. The Kier molecular flexibility index (Phi) is 1.94. The van der Waals surface area contributed by atoms with Crippen molar-refractivity contribution in [3.8, 4) is 0 Å². The second-order valence-electron chi connectivity index (χ2n) is 7.48. The molecule has 0 amide bonds. The highest BCUT2D eigenvalue weighted by Crippen LogP contribution is 2.83. The van der Waals surface area contributed by atoms with Crippen LogP contribution in [0.3, 0.4) is 0 Å². The first-order chi connectivity index (χ1) is 11.1. The van der Waals surface area contributed by atoms with E-state index in [-0.39, 0.29) is 11.6 Å². The summed E-state index contributed by atoms with van der Waals surface area (Å²) in [5, 5.41) is 7.27. The summed E-state index contributed by atoms with van der Waals surface area (Å²) in [7, 11) is -3.48. The number of H-pyrrole nitrogens is 1. The zero-order valence-corrected chi connectivity index (χ0v) is 13.3. The number of sulfonamides is 1. The third-order valence-corrected chi connectivity index (χ3v) is 8.52. The number of nitrogens with one attached hydrogen (secondary N) is 1. The molecule has 7 heteroatoms. The summed E-state index contributed by atoms with van der Waals surface area (Å²) in [4.78, 5) is 4.28. The van der Waals surface area contributed by atoms with Gasteiger partial charge in [0.05, 0.1) is 22.7 Å². The van der Waals surface area contributed by atoms with Crippen LogP contribution in [0.1, 0.15) is 36.6 Å². The minimum atomic E-state index is -3.48. The van der Waals surface area contributed by atoms with Gasteiger partial charge >= 0.3 is 0 Å². The van der Waals surface area contributed by atoms with Crippen LogP contribution in [0.2, 0.25) is 0 Å². The molecule has 1 N–H and O–H groups in total. The Bertz CT molecular complexity index is 934. The summed E-state index contributed by atoms with van der Waals surface area (Å²) >= 11 is 0. The van der Waals surface area contributed by atoms with E-state index >= 15 is 0 Å². The zero-order valence-electron chi connectivity index (χ0n) is 12.4. The average molecular weight is 328 g/mol. The summed E-state index contributed by atoms with van der Waals surface area (Å²) in [6.45, 7) is 0. The molecular weight excluding hydrogens is 312 g/mol. The Morgan fingerprint density at radius 2 is 2.04 bits per heavy atom. The first kappa shape index (κ1) is 12.7. The van der Waals surface area contributed by atoms with Crippen molar-refractivity contribution in [2.45, 2.75) is 42.2 Å². The van der Waals surface area contributed by atoms with Gasteiger partial charge in [0.25, 0.3) is 0 Å². The van der Waals surface area contributed by atoms with Gasteiger partial charge in [-0.1, -0.05) is 0 Å². The Labute approximate surface area is 134 Å². The molecule has 6 rings (SSSR count). The Balaban J connectivity index is 1.51. The van der Waals surface area contributed by atoms with Crippen molar-refractivity contribution in [2.24, 2.45) is 11.3 Å². The summed E-state index contributed by atoms with van der Waals surface area (Å²) in [5.74, 6) is 0.449.